The van der Waals surface area contributed by atoms with Crippen LogP contribution in [0.25, 0.3) is 11.1 Å². The molecule has 1 saturated heterocycles. The van der Waals surface area contributed by atoms with E-state index in [-0.39, 0.29) is 23.7 Å². The number of likely N-dealkylation sites (N-methyl/N-ethyl adjacent to an activating group) is 1. The van der Waals surface area contributed by atoms with Crippen molar-refractivity contribution >= 4 is 23.4 Å². The van der Waals surface area contributed by atoms with Crippen molar-refractivity contribution < 1.29 is 9.53 Å². The molecule has 11 nitrogen and oxygen atoms in total. The van der Waals surface area contributed by atoms with Crippen LogP contribution in [0.4, 0.5) is 5.69 Å². The van der Waals surface area contributed by atoms with Gasteiger partial charge in [-0.1, -0.05) is 18.2 Å². The van der Waals surface area contributed by atoms with Gasteiger partial charge in [-0.25, -0.2) is 4.98 Å². The number of nitrogens with one attached hydrogen (secondary N) is 3. The number of nitrogens with two attached hydrogens (primary N) is 2. The second-order valence-electron chi connectivity index (χ2n) is 12.0. The van der Waals surface area contributed by atoms with Crippen LogP contribution < -0.4 is 32.2 Å². The number of carbonyl (C=O) groups excluding carboxylic acids is 1. The fourth-order valence-corrected chi connectivity index (χ4v) is 6.26. The number of thioether (sulfide) groups is 1. The van der Waals surface area contributed by atoms with E-state index in [1.54, 1.807) is 24.9 Å². The number of likely N-dealkylation sites (tertiary alicyclic amines) is 1. The molecule has 2 aromatic heterocycles. The van der Waals surface area contributed by atoms with Gasteiger partial charge in [-0.3, -0.25) is 14.4 Å². The Labute approximate surface area is 274 Å². The van der Waals surface area contributed by atoms with Crippen LogP contribution in [-0.2, 0) is 11.3 Å². The van der Waals surface area contributed by atoms with Gasteiger partial charge in [-0.15, -0.1) is 11.8 Å². The molecule has 0 unspecified atom stereocenters. The topological polar surface area (TPSA) is 148 Å². The fraction of sp³-hybridized carbons (Fsp3) is 0.382. The van der Waals surface area contributed by atoms with E-state index < -0.39 is 0 Å². The molecule has 2 aliphatic carbocycles. The van der Waals surface area contributed by atoms with Gasteiger partial charge in [0.2, 0.25) is 5.91 Å². The number of hydrogen-bond acceptors (Lipinski definition) is 10. The minimum absolute atomic E-state index is 0.0319. The molecule has 3 fully saturated rings. The Kier molecular flexibility index (Phi) is 9.55. The smallest absolute Gasteiger partial charge is 0.228 e. The molecule has 1 aromatic carbocycles. The standard InChI is InChI=1S/C34H43N9O2S/c1-37-32(21-7-4-8-21)31(36)28(15-29(35)41-34(44)22-13-14-22)40-27-11-6-10-26(33(27)45-2)23-16-38-43(17-23)25-19-42(20-25)18-24-9-5-12-30(39-24)46-3/h5-6,9-12,15-17,22,25,37,40H,4,7-8,13-14,18-20,35-36H2,1-3H3,(H,41,44)/b29-15+,31-28+. The van der Waals surface area contributed by atoms with Crippen LogP contribution >= 0.6 is 11.8 Å². The minimum atomic E-state index is -0.0644. The van der Waals surface area contributed by atoms with Gasteiger partial charge in [0.1, 0.15) is 11.6 Å². The number of allylic oxidation sites excluding steroid dienone is 2. The zero-order valence-electron chi connectivity index (χ0n) is 26.7. The average Bonchev–Trinajstić information content (AvgIpc) is 3.77. The predicted octanol–water partition coefficient (Wildman–Crippen LogP) is 4.30. The Morgan fingerprint density at radius 1 is 1.15 bits per heavy atom. The molecule has 3 heterocycles. The lowest BCUT2D eigenvalue weighted by atomic mass is 9.89. The van der Waals surface area contributed by atoms with Gasteiger partial charge >= 0.3 is 0 Å². The Morgan fingerprint density at radius 3 is 2.61 bits per heavy atom. The molecule has 6 rings (SSSR count). The van der Waals surface area contributed by atoms with Gasteiger partial charge in [0.25, 0.3) is 0 Å². The highest BCUT2D eigenvalue weighted by atomic mass is 32.2. The number of pyridine rings is 1. The third-order valence-electron chi connectivity index (χ3n) is 8.72. The van der Waals surface area contributed by atoms with Gasteiger partial charge in [-0.05, 0) is 62.1 Å². The number of rotatable bonds is 13. The molecule has 0 atom stereocenters. The maximum Gasteiger partial charge on any atom is 0.228 e. The molecule has 7 N–H and O–H groups in total. The first-order valence-electron chi connectivity index (χ1n) is 15.8. The summed E-state index contributed by atoms with van der Waals surface area (Å²) in [5.74, 6) is 0.851. The Balaban J connectivity index is 1.22. The van der Waals surface area contributed by atoms with Crippen molar-refractivity contribution in [1.82, 2.24) is 30.3 Å². The maximum atomic E-state index is 12.4. The van der Waals surface area contributed by atoms with Gasteiger partial charge in [-0.2, -0.15) is 5.10 Å². The minimum Gasteiger partial charge on any atom is -0.494 e. The van der Waals surface area contributed by atoms with Gasteiger partial charge in [0.05, 0.1) is 52.8 Å². The molecule has 2 saturated carbocycles. The molecule has 46 heavy (non-hydrogen) atoms. The van der Waals surface area contributed by atoms with Crippen LogP contribution in [0.3, 0.4) is 0 Å². The first-order valence-corrected chi connectivity index (χ1v) is 17.0. The zero-order chi connectivity index (χ0) is 32.2. The summed E-state index contributed by atoms with van der Waals surface area (Å²) in [4.78, 5) is 19.5. The van der Waals surface area contributed by atoms with E-state index in [4.69, 9.17) is 26.3 Å². The highest BCUT2D eigenvalue weighted by molar-refractivity contribution is 7.98. The summed E-state index contributed by atoms with van der Waals surface area (Å²) in [7, 11) is 3.52. The lowest BCUT2D eigenvalue weighted by Crippen LogP contribution is -2.47. The fourth-order valence-electron chi connectivity index (χ4n) is 5.83. The van der Waals surface area contributed by atoms with Crippen LogP contribution in [0.2, 0.25) is 0 Å². The van der Waals surface area contributed by atoms with Crippen molar-refractivity contribution in [3.8, 4) is 16.9 Å². The monoisotopic (exact) mass is 641 g/mol. The third-order valence-corrected chi connectivity index (χ3v) is 9.37. The van der Waals surface area contributed by atoms with Gasteiger partial charge < -0.3 is 32.2 Å². The summed E-state index contributed by atoms with van der Waals surface area (Å²) in [5.41, 5.74) is 20.0. The summed E-state index contributed by atoms with van der Waals surface area (Å²) in [6, 6.07) is 12.4. The summed E-state index contributed by atoms with van der Waals surface area (Å²) in [6.45, 7) is 2.65. The van der Waals surface area contributed by atoms with Crippen molar-refractivity contribution in [3.63, 3.8) is 0 Å². The largest absolute Gasteiger partial charge is 0.494 e. The number of methoxy groups -OCH3 is 1. The number of benzene rings is 1. The lowest BCUT2D eigenvalue weighted by molar-refractivity contribution is -0.121. The second kappa shape index (κ2) is 13.9. The molecule has 3 aromatic rings. The zero-order valence-corrected chi connectivity index (χ0v) is 27.5. The van der Waals surface area contributed by atoms with Crippen molar-refractivity contribution in [2.45, 2.75) is 49.7 Å². The average molecular weight is 642 g/mol. The number of nitrogens with zero attached hydrogens (tertiary/aromatic N) is 4. The van der Waals surface area contributed by atoms with Crippen LogP contribution in [0.1, 0.15) is 43.8 Å². The predicted molar refractivity (Wildman–Crippen MR) is 182 cm³/mol. The normalized spacial score (nSPS) is 17.5. The van der Waals surface area contributed by atoms with Crippen molar-refractivity contribution in [3.05, 3.63) is 89.0 Å². The molecule has 0 radical (unpaired) electrons. The Bertz CT molecular complexity index is 1680. The molecular weight excluding hydrogens is 599 g/mol. The van der Waals surface area contributed by atoms with E-state index in [1.807, 2.05) is 48.4 Å². The molecule has 0 bridgehead atoms. The quantitative estimate of drug-likeness (QED) is 0.135. The number of anilines is 1. The highest BCUT2D eigenvalue weighted by Gasteiger charge is 2.31. The Hall–Kier alpha value is -4.42. The number of carbonyl (C=O) groups is 1. The highest BCUT2D eigenvalue weighted by Crippen LogP contribution is 2.38. The first-order chi connectivity index (χ1) is 22.4. The molecule has 242 valence electrons. The summed E-state index contributed by atoms with van der Waals surface area (Å²) >= 11 is 1.66. The maximum absolute atomic E-state index is 12.4. The van der Waals surface area contributed by atoms with Crippen LogP contribution in [0.5, 0.6) is 5.75 Å². The van der Waals surface area contributed by atoms with E-state index >= 15 is 0 Å². The Morgan fingerprint density at radius 2 is 1.93 bits per heavy atom. The molecular formula is C34H43N9O2S. The van der Waals surface area contributed by atoms with Gasteiger partial charge in [0, 0.05) is 56.0 Å². The molecule has 1 amide bonds. The third kappa shape index (κ3) is 7.02. The number of para-hydroxylation sites is 1. The number of hydrogen-bond donors (Lipinski definition) is 5. The van der Waals surface area contributed by atoms with Crippen LogP contribution in [-0.4, -0.2) is 59.1 Å². The molecule has 0 spiro atoms. The van der Waals surface area contributed by atoms with E-state index in [0.29, 0.717) is 22.8 Å². The number of aromatic nitrogens is 3. The van der Waals surface area contributed by atoms with Crippen LogP contribution in [0.15, 0.2) is 88.4 Å². The summed E-state index contributed by atoms with van der Waals surface area (Å²) in [5, 5.41) is 15.3. The molecule has 1 aliphatic heterocycles. The second-order valence-corrected chi connectivity index (χ2v) is 12.8. The van der Waals surface area contributed by atoms with E-state index in [2.05, 4.69) is 39.2 Å². The van der Waals surface area contributed by atoms with Crippen molar-refractivity contribution in [2.75, 3.05) is 38.8 Å². The van der Waals surface area contributed by atoms with Crippen molar-refractivity contribution in [1.29, 1.82) is 0 Å². The lowest BCUT2D eigenvalue weighted by Gasteiger charge is -2.39. The summed E-state index contributed by atoms with van der Waals surface area (Å²) < 4.78 is 8.01. The van der Waals surface area contributed by atoms with E-state index in [0.717, 1.165) is 79.3 Å². The van der Waals surface area contributed by atoms with E-state index in [1.165, 1.54) is 5.57 Å². The van der Waals surface area contributed by atoms with Crippen molar-refractivity contribution in [2.24, 2.45) is 17.4 Å². The van der Waals surface area contributed by atoms with Crippen LogP contribution in [0, 0.1) is 5.92 Å². The molecule has 12 heteroatoms. The number of amides is 1. The van der Waals surface area contributed by atoms with Gasteiger partial charge in [0.15, 0.2) is 0 Å². The SMILES string of the molecule is CNC(=C1CCC1)/C(N)=C(/C=C(\N)NC(=O)C1CC1)Nc1cccc(-c2cnn(C3CN(Cc4cccc(SC)n4)C3)c2)c1OC. The summed E-state index contributed by atoms with van der Waals surface area (Å²) in [6.07, 6.45) is 12.6. The number of ether oxygens (including phenoxy) is 1. The first kappa shape index (κ1) is 31.6. The van der Waals surface area contributed by atoms with E-state index in [9.17, 15) is 4.79 Å². The molecule has 3 aliphatic rings.